The van der Waals surface area contributed by atoms with E-state index in [1.807, 2.05) is 24.0 Å². The minimum atomic E-state index is -0.753. The van der Waals surface area contributed by atoms with Crippen molar-refractivity contribution in [2.45, 2.75) is 73.1 Å². The van der Waals surface area contributed by atoms with Crippen LogP contribution in [0.15, 0.2) is 94.3 Å². The molecule has 3 aromatic carbocycles. The van der Waals surface area contributed by atoms with Gasteiger partial charge in [-0.1, -0.05) is 53.7 Å². The van der Waals surface area contributed by atoms with Crippen LogP contribution in [0.25, 0.3) is 0 Å². The van der Waals surface area contributed by atoms with Crippen LogP contribution in [0.3, 0.4) is 0 Å². The van der Waals surface area contributed by atoms with E-state index in [1.54, 1.807) is 18.2 Å². The number of nitrogens with zero attached hydrogens (tertiary/aromatic N) is 7. The molecule has 0 unspecified atom stereocenters. The van der Waals surface area contributed by atoms with Crippen molar-refractivity contribution in [1.82, 2.24) is 0 Å². The van der Waals surface area contributed by atoms with Gasteiger partial charge in [0.1, 0.15) is 36.1 Å². The minimum absolute atomic E-state index is 0.0729. The second-order valence-corrected chi connectivity index (χ2v) is 14.6. The Kier molecular flexibility index (Phi) is 20.0. The fourth-order valence-electron chi connectivity index (χ4n) is 5.62. The van der Waals surface area contributed by atoms with Gasteiger partial charge in [0.15, 0.2) is 5.69 Å². The number of nitro benzene ring substituents is 2. The average Bonchev–Trinajstić information content (AvgIpc) is 3.21. The third-order valence-electron chi connectivity index (χ3n) is 8.89. The van der Waals surface area contributed by atoms with Crippen LogP contribution in [0.5, 0.6) is 11.5 Å². The highest BCUT2D eigenvalue weighted by Gasteiger charge is 2.21. The number of esters is 2. The van der Waals surface area contributed by atoms with Crippen molar-refractivity contribution in [2.24, 2.45) is 32.3 Å². The number of carbonyl (C=O) groups excluding carboxylic acids is 2. The zero-order valence-electron chi connectivity index (χ0n) is 35.0. The van der Waals surface area contributed by atoms with Gasteiger partial charge in [-0.05, 0) is 74.3 Å². The SMILES string of the molecule is C=CC(=O)OCCN(CCOC(=O)C=C)c1ccc(/N=N/c2cc(OCCCCC(C)C)c(/N=N/c3ccc([N+](=O)[O-])cc3[N+](=O)[O-])cc2OCCCCC(C)C)c(C)c1. The second-order valence-electron chi connectivity index (χ2n) is 14.6. The first-order valence-corrected chi connectivity index (χ1v) is 19.9. The second kappa shape index (κ2) is 25.1. The molecule has 17 heteroatoms. The van der Waals surface area contributed by atoms with Crippen molar-refractivity contribution in [3.8, 4) is 11.5 Å². The normalized spacial score (nSPS) is 11.2. The number of azo groups is 2. The molecule has 0 aromatic heterocycles. The van der Waals surface area contributed by atoms with Crippen LogP contribution < -0.4 is 14.4 Å². The molecule has 0 bridgehead atoms. The van der Waals surface area contributed by atoms with Crippen LogP contribution in [-0.4, -0.2) is 61.3 Å². The van der Waals surface area contributed by atoms with Gasteiger partial charge in [0.05, 0.1) is 47.9 Å². The first-order valence-electron chi connectivity index (χ1n) is 19.9. The number of hydrogen-bond donors (Lipinski definition) is 0. The van der Waals surface area contributed by atoms with Crippen molar-refractivity contribution in [2.75, 3.05) is 44.4 Å². The number of non-ortho nitro benzene ring substituents is 1. The molecule has 0 heterocycles. The molecule has 17 nitrogen and oxygen atoms in total. The maximum absolute atomic E-state index is 11.8. The monoisotopic (exact) mass is 829 g/mol. The molecule has 3 rings (SSSR count). The summed E-state index contributed by atoms with van der Waals surface area (Å²) in [6.45, 7) is 18.8. The van der Waals surface area contributed by atoms with Gasteiger partial charge in [0.25, 0.3) is 5.69 Å². The number of anilines is 1. The zero-order valence-corrected chi connectivity index (χ0v) is 35.0. The van der Waals surface area contributed by atoms with Gasteiger partial charge in [-0.25, -0.2) is 9.59 Å². The Hall–Kier alpha value is -6.52. The molecular weight excluding hydrogens is 775 g/mol. The Balaban J connectivity index is 2.04. The van der Waals surface area contributed by atoms with Crippen LogP contribution in [0.2, 0.25) is 0 Å². The lowest BCUT2D eigenvalue weighted by Crippen LogP contribution is -2.32. The first-order chi connectivity index (χ1) is 28.7. The Morgan fingerprint density at radius 2 is 1.15 bits per heavy atom. The molecular formula is C43H55N7O10. The van der Waals surface area contributed by atoms with Gasteiger partial charge in [-0.3, -0.25) is 20.2 Å². The van der Waals surface area contributed by atoms with E-state index in [2.05, 4.69) is 61.3 Å². The molecule has 0 radical (unpaired) electrons. The van der Waals surface area contributed by atoms with E-state index in [1.165, 1.54) is 6.07 Å². The zero-order chi connectivity index (χ0) is 44.0. The number of carbonyl (C=O) groups is 2. The van der Waals surface area contributed by atoms with E-state index in [9.17, 15) is 29.8 Å². The van der Waals surface area contributed by atoms with E-state index >= 15 is 0 Å². The molecule has 0 amide bonds. The van der Waals surface area contributed by atoms with Crippen LogP contribution in [-0.2, 0) is 19.1 Å². The third-order valence-corrected chi connectivity index (χ3v) is 8.89. The quantitative estimate of drug-likeness (QED) is 0.0176. The van der Waals surface area contributed by atoms with Gasteiger partial charge in [0.2, 0.25) is 0 Å². The van der Waals surface area contributed by atoms with Crippen molar-refractivity contribution in [1.29, 1.82) is 0 Å². The Morgan fingerprint density at radius 3 is 1.60 bits per heavy atom. The number of aryl methyl sites for hydroxylation is 1. The third kappa shape index (κ3) is 16.4. The maximum Gasteiger partial charge on any atom is 0.330 e. The predicted molar refractivity (Wildman–Crippen MR) is 229 cm³/mol. The highest BCUT2D eigenvalue weighted by Crippen LogP contribution is 2.43. The van der Waals surface area contributed by atoms with Gasteiger partial charge < -0.3 is 23.8 Å². The molecule has 0 aliphatic heterocycles. The number of nitro groups is 2. The Bertz CT molecular complexity index is 1990. The average molecular weight is 830 g/mol. The van der Waals surface area contributed by atoms with Crippen LogP contribution >= 0.6 is 0 Å². The molecule has 0 N–H and O–H groups in total. The van der Waals surface area contributed by atoms with Gasteiger partial charge in [-0.15, -0.1) is 15.3 Å². The first kappa shape index (κ1) is 47.9. The molecule has 0 fully saturated rings. The molecule has 0 saturated carbocycles. The summed E-state index contributed by atoms with van der Waals surface area (Å²) in [4.78, 5) is 46.9. The topological polar surface area (TPSA) is 210 Å². The summed E-state index contributed by atoms with van der Waals surface area (Å²) < 4.78 is 22.8. The summed E-state index contributed by atoms with van der Waals surface area (Å²) in [6, 6.07) is 11.8. The standard InChI is InChI=1S/C43H55N7O10/c1-8-42(51)59-24-20-48(21-25-60-43(52)9-2)33-16-18-35(32(7)26-33)44-46-37-28-41(58-23-13-11-15-31(5)6)38(29-40(37)57-22-12-10-14-30(3)4)47-45-36-19-17-34(49(53)54)27-39(36)50(55)56/h8-9,16-19,26-31H,1-2,10-15,20-25H2,3-7H3/b46-44+,47-45+. The lowest BCUT2D eigenvalue weighted by Gasteiger charge is -2.25. The van der Waals surface area contributed by atoms with E-state index in [0.717, 1.165) is 74.1 Å². The smallest absolute Gasteiger partial charge is 0.330 e. The van der Waals surface area contributed by atoms with Crippen molar-refractivity contribution in [3.05, 3.63) is 99.6 Å². The van der Waals surface area contributed by atoms with Gasteiger partial charge in [0, 0.05) is 36.0 Å². The van der Waals surface area contributed by atoms with Crippen molar-refractivity contribution < 1.29 is 38.4 Å². The molecule has 0 spiro atoms. The van der Waals surface area contributed by atoms with E-state index in [0.29, 0.717) is 55.3 Å². The summed E-state index contributed by atoms with van der Waals surface area (Å²) in [6.07, 6.45) is 7.61. The number of hydrogen-bond acceptors (Lipinski definition) is 15. The molecule has 0 saturated heterocycles. The fraction of sp³-hybridized carbons (Fsp3) is 0.442. The number of unbranched alkanes of at least 4 members (excludes halogenated alkanes) is 2. The predicted octanol–water partition coefficient (Wildman–Crippen LogP) is 11.3. The van der Waals surface area contributed by atoms with Crippen LogP contribution in [0.4, 0.5) is 39.8 Å². The molecule has 0 aliphatic carbocycles. The highest BCUT2D eigenvalue weighted by atomic mass is 16.6. The lowest BCUT2D eigenvalue weighted by molar-refractivity contribution is -0.393. The largest absolute Gasteiger partial charge is 0.491 e. The number of ether oxygens (including phenoxy) is 4. The van der Waals surface area contributed by atoms with E-state index in [4.69, 9.17) is 18.9 Å². The lowest BCUT2D eigenvalue weighted by atomic mass is 10.1. The summed E-state index contributed by atoms with van der Waals surface area (Å²) in [5.41, 5.74) is 1.42. The summed E-state index contributed by atoms with van der Waals surface area (Å²) in [5, 5.41) is 40.7. The highest BCUT2D eigenvalue weighted by molar-refractivity contribution is 5.81. The molecule has 3 aromatic rings. The van der Waals surface area contributed by atoms with Gasteiger partial charge in [-0.2, -0.15) is 5.11 Å². The molecule has 60 heavy (non-hydrogen) atoms. The molecule has 0 atom stereocenters. The van der Waals surface area contributed by atoms with E-state index < -0.39 is 33.2 Å². The Morgan fingerprint density at radius 1 is 0.667 bits per heavy atom. The summed E-state index contributed by atoms with van der Waals surface area (Å²) in [5.74, 6) is 0.567. The molecule has 322 valence electrons. The number of rotatable bonds is 27. The van der Waals surface area contributed by atoms with Gasteiger partial charge >= 0.3 is 17.6 Å². The minimum Gasteiger partial charge on any atom is -0.491 e. The van der Waals surface area contributed by atoms with Crippen LogP contribution in [0.1, 0.15) is 71.8 Å². The number of benzene rings is 3. The van der Waals surface area contributed by atoms with Crippen molar-refractivity contribution in [3.63, 3.8) is 0 Å². The van der Waals surface area contributed by atoms with E-state index in [-0.39, 0.29) is 30.3 Å². The Labute approximate surface area is 350 Å². The fourth-order valence-corrected chi connectivity index (χ4v) is 5.62. The summed E-state index contributed by atoms with van der Waals surface area (Å²) >= 11 is 0. The maximum atomic E-state index is 11.8. The van der Waals surface area contributed by atoms with Crippen LogP contribution in [0, 0.1) is 39.0 Å². The molecule has 0 aliphatic rings. The summed E-state index contributed by atoms with van der Waals surface area (Å²) in [7, 11) is 0. The van der Waals surface area contributed by atoms with Crippen molar-refractivity contribution >= 4 is 51.8 Å².